The molecule has 0 N–H and O–H groups in total. The molecule has 0 spiro atoms. The van der Waals surface area contributed by atoms with E-state index < -0.39 is 0 Å². The molecular formula is C60H52Br2N6S2. The summed E-state index contributed by atoms with van der Waals surface area (Å²) >= 11 is 10.7. The number of aromatic nitrogens is 6. The van der Waals surface area contributed by atoms with E-state index in [1.54, 1.807) is 22.7 Å². The smallest absolute Gasteiger partial charge is 0.116 e. The van der Waals surface area contributed by atoms with Gasteiger partial charge in [-0.3, -0.25) is 0 Å². The molecule has 0 atom stereocenters. The molecule has 10 heteroatoms. The molecule has 6 heterocycles. The maximum atomic E-state index is 5.18. The lowest BCUT2D eigenvalue weighted by atomic mass is 10.0. The maximum Gasteiger partial charge on any atom is 0.116 e. The molecule has 0 saturated heterocycles. The molecule has 0 fully saturated rings. The van der Waals surface area contributed by atoms with Crippen LogP contribution in [0.5, 0.6) is 0 Å². The van der Waals surface area contributed by atoms with Gasteiger partial charge in [0, 0.05) is 89.7 Å². The predicted octanol–water partition coefficient (Wildman–Crippen LogP) is 19.0. The van der Waals surface area contributed by atoms with Gasteiger partial charge in [-0.15, -0.1) is 22.7 Å². The SMILES string of the molecule is CCCCCCn1c2ccccc2c2ccc(-c3nc4c(Br)sc(Br)c4nc3-c3ccccc3)cc21.CCCCCCn1c2ccccc2c2ccc(-c3nc4cscc4nc3-c3ccccc3)cc21. The van der Waals surface area contributed by atoms with Gasteiger partial charge < -0.3 is 9.13 Å². The van der Waals surface area contributed by atoms with E-state index >= 15 is 0 Å². The second-order valence-electron chi connectivity index (χ2n) is 18.0. The van der Waals surface area contributed by atoms with Crippen molar-refractivity contribution in [2.75, 3.05) is 0 Å². The normalized spacial score (nSPS) is 11.7. The van der Waals surface area contributed by atoms with E-state index in [1.807, 2.05) is 12.1 Å². The van der Waals surface area contributed by atoms with Crippen LogP contribution >= 0.6 is 54.5 Å². The van der Waals surface area contributed by atoms with E-state index in [2.05, 4.69) is 199 Å². The highest BCUT2D eigenvalue weighted by atomic mass is 79.9. The lowest BCUT2D eigenvalue weighted by molar-refractivity contribution is 0.602. The summed E-state index contributed by atoms with van der Waals surface area (Å²) in [5.41, 5.74) is 16.9. The molecule has 0 unspecified atom stereocenters. The minimum atomic E-state index is 0.889. The third-order valence-corrected chi connectivity index (χ3v) is 16.6. The van der Waals surface area contributed by atoms with E-state index in [1.165, 1.54) is 95.0 Å². The van der Waals surface area contributed by atoms with Gasteiger partial charge in [0.05, 0.1) is 30.3 Å². The zero-order chi connectivity index (χ0) is 47.6. The Kier molecular flexibility index (Phi) is 13.7. The molecule has 12 rings (SSSR count). The Morgan fingerprint density at radius 2 is 0.800 bits per heavy atom. The number of aryl methyl sites for hydroxylation is 2. The van der Waals surface area contributed by atoms with Crippen molar-refractivity contribution in [3.8, 4) is 45.0 Å². The van der Waals surface area contributed by atoms with E-state index in [-0.39, 0.29) is 0 Å². The Hall–Kier alpha value is -6.04. The van der Waals surface area contributed by atoms with Crippen molar-refractivity contribution in [2.24, 2.45) is 0 Å². The van der Waals surface area contributed by atoms with Crippen LogP contribution in [0.2, 0.25) is 0 Å². The highest BCUT2D eigenvalue weighted by Crippen LogP contribution is 2.42. The minimum absolute atomic E-state index is 0.889. The van der Waals surface area contributed by atoms with Gasteiger partial charge in [-0.05, 0) is 69.0 Å². The fourth-order valence-corrected chi connectivity index (χ4v) is 13.4. The monoisotopic (exact) mass is 1080 g/mol. The fraction of sp³-hybridized carbons (Fsp3) is 0.200. The van der Waals surface area contributed by atoms with Crippen molar-refractivity contribution in [3.05, 3.63) is 164 Å². The molecule has 0 saturated carbocycles. The van der Waals surface area contributed by atoms with Crippen molar-refractivity contribution in [1.82, 2.24) is 29.1 Å². The Morgan fingerprint density at radius 3 is 1.27 bits per heavy atom. The third kappa shape index (κ3) is 9.00. The van der Waals surface area contributed by atoms with Gasteiger partial charge in [0.15, 0.2) is 0 Å². The summed E-state index contributed by atoms with van der Waals surface area (Å²) < 4.78 is 6.98. The second kappa shape index (κ2) is 20.7. The summed E-state index contributed by atoms with van der Waals surface area (Å²) in [5, 5.41) is 9.39. The van der Waals surface area contributed by atoms with Gasteiger partial charge in [0.2, 0.25) is 0 Å². The van der Waals surface area contributed by atoms with Crippen LogP contribution in [0.4, 0.5) is 0 Å². The first-order valence-electron chi connectivity index (χ1n) is 24.5. The Morgan fingerprint density at radius 1 is 0.400 bits per heavy atom. The number of thiophene rings is 2. The van der Waals surface area contributed by atoms with Crippen molar-refractivity contribution in [2.45, 2.75) is 78.3 Å². The maximum absolute atomic E-state index is 5.18. The quantitative estimate of drug-likeness (QED) is 0.102. The van der Waals surface area contributed by atoms with Crippen LogP contribution in [0.3, 0.4) is 0 Å². The van der Waals surface area contributed by atoms with Crippen LogP contribution in [-0.2, 0) is 13.1 Å². The molecular weight excluding hydrogens is 1030 g/mol. The number of halogens is 2. The average Bonchev–Trinajstić information content (AvgIpc) is 4.16. The zero-order valence-corrected chi connectivity index (χ0v) is 44.1. The Bertz CT molecular complexity index is 3800. The van der Waals surface area contributed by atoms with Crippen LogP contribution < -0.4 is 0 Å². The number of fused-ring (bicyclic) bond motifs is 8. The van der Waals surface area contributed by atoms with E-state index in [9.17, 15) is 0 Å². The van der Waals surface area contributed by atoms with Gasteiger partial charge in [-0.2, -0.15) is 0 Å². The summed E-state index contributed by atoms with van der Waals surface area (Å²) in [6.45, 7) is 6.59. The summed E-state index contributed by atoms with van der Waals surface area (Å²) in [7, 11) is 0. The lowest BCUT2D eigenvalue weighted by Crippen LogP contribution is -1.98. The van der Waals surface area contributed by atoms with Crippen molar-refractivity contribution in [1.29, 1.82) is 0 Å². The molecule has 6 aromatic heterocycles. The van der Waals surface area contributed by atoms with Crippen molar-refractivity contribution < 1.29 is 0 Å². The minimum Gasteiger partial charge on any atom is -0.340 e. The number of para-hydroxylation sites is 2. The highest BCUT2D eigenvalue weighted by Gasteiger charge is 2.21. The number of hydrogen-bond donors (Lipinski definition) is 0. The van der Waals surface area contributed by atoms with E-state index in [0.29, 0.717) is 0 Å². The highest BCUT2D eigenvalue weighted by molar-refractivity contribution is 9.12. The Labute approximate surface area is 433 Å². The van der Waals surface area contributed by atoms with Gasteiger partial charge >= 0.3 is 0 Å². The van der Waals surface area contributed by atoms with E-state index in [0.717, 1.165) is 87.8 Å². The topological polar surface area (TPSA) is 61.4 Å². The van der Waals surface area contributed by atoms with Crippen molar-refractivity contribution in [3.63, 3.8) is 0 Å². The molecule has 0 aliphatic rings. The number of nitrogens with zero attached hydrogens (tertiary/aromatic N) is 6. The molecule has 6 nitrogen and oxygen atoms in total. The second-order valence-corrected chi connectivity index (χ2v) is 22.4. The van der Waals surface area contributed by atoms with Crippen LogP contribution in [-0.4, -0.2) is 29.1 Å². The standard InChI is InChI=1S/C30H25Br2N3S.C30H27N3S/c1-2-3-4-10-17-35-23-14-9-8-13-21(23)22-16-15-20(18-24(22)35)26-25(19-11-6-5-7-12-19)33-27-28(34-26)30(32)36-29(27)31;1-2-3-4-10-17-33-27-14-9-8-13-23(27)24-16-15-22(18-28(24)33)30-29(21-11-6-5-7-12-21)31-25-19-34-20-26(25)32-30/h5-9,11-16,18H,2-4,10,17H2,1H3;5-9,11-16,18-20H,2-4,10,17H2,1H3. The van der Waals surface area contributed by atoms with Crippen LogP contribution in [0.1, 0.15) is 65.2 Å². The summed E-state index contributed by atoms with van der Waals surface area (Å²) in [4.78, 5) is 20.4. The molecule has 0 aliphatic heterocycles. The van der Waals surface area contributed by atoms with Crippen molar-refractivity contribution >= 4 is 120 Å². The fourth-order valence-electron chi connectivity index (χ4n) is 9.95. The third-order valence-electron chi connectivity index (χ3n) is 13.4. The van der Waals surface area contributed by atoms with Gasteiger partial charge in [0.25, 0.3) is 0 Å². The number of unbranched alkanes of at least 4 members (excludes halogenated alkanes) is 6. The predicted molar refractivity (Wildman–Crippen MR) is 306 cm³/mol. The largest absolute Gasteiger partial charge is 0.340 e. The number of benzene rings is 6. The molecule has 0 amide bonds. The van der Waals surface area contributed by atoms with Gasteiger partial charge in [-0.25, -0.2) is 19.9 Å². The van der Waals surface area contributed by atoms with Crippen LogP contribution in [0.25, 0.3) is 111 Å². The molecule has 70 heavy (non-hydrogen) atoms. The summed E-state index contributed by atoms with van der Waals surface area (Å²) in [6.07, 6.45) is 9.97. The molecule has 0 aliphatic carbocycles. The first-order chi connectivity index (χ1) is 34.5. The van der Waals surface area contributed by atoms with Gasteiger partial charge in [0.1, 0.15) is 22.1 Å². The average molecular weight is 1080 g/mol. The number of hydrogen-bond acceptors (Lipinski definition) is 6. The Balaban J connectivity index is 0.000000153. The lowest BCUT2D eigenvalue weighted by Gasteiger charge is -2.11. The number of rotatable bonds is 14. The van der Waals surface area contributed by atoms with E-state index in [4.69, 9.17) is 19.9 Å². The molecule has 348 valence electrons. The molecule has 0 radical (unpaired) electrons. The van der Waals surface area contributed by atoms with Crippen LogP contribution in [0.15, 0.2) is 164 Å². The summed E-state index contributed by atoms with van der Waals surface area (Å²) in [6, 6.07) is 51.9. The summed E-state index contributed by atoms with van der Waals surface area (Å²) in [5.74, 6) is 0. The van der Waals surface area contributed by atoms with Gasteiger partial charge in [-0.1, -0.05) is 174 Å². The first-order valence-corrected chi connectivity index (χ1v) is 27.9. The first kappa shape index (κ1) is 46.3. The molecule has 0 bridgehead atoms. The zero-order valence-electron chi connectivity index (χ0n) is 39.3. The molecule has 12 aromatic rings. The van der Waals surface area contributed by atoms with Crippen LogP contribution in [0, 0.1) is 0 Å². The molecule has 6 aromatic carbocycles.